The van der Waals surface area contributed by atoms with Crippen LogP contribution in [0.2, 0.25) is 0 Å². The number of carbonyl (C=O) groups excluding carboxylic acids is 2. The molecule has 3 nitrogen and oxygen atoms in total. The maximum atomic E-state index is 11.5. The van der Waals surface area contributed by atoms with Gasteiger partial charge in [0.1, 0.15) is 0 Å². The van der Waals surface area contributed by atoms with Gasteiger partial charge in [0.25, 0.3) is 0 Å². The minimum atomic E-state index is -0.288. The molecule has 15 heavy (non-hydrogen) atoms. The van der Waals surface area contributed by atoms with Gasteiger partial charge in [-0.15, -0.1) is 0 Å². The van der Waals surface area contributed by atoms with E-state index in [1.165, 1.54) is 0 Å². The number of rotatable bonds is 4. The summed E-state index contributed by atoms with van der Waals surface area (Å²) in [6.07, 6.45) is 1.22. The molecule has 0 bridgehead atoms. The SMILES string of the molecule is CCOC(=O)C(C)C1=C(CBr)C(=O)CC1. The van der Waals surface area contributed by atoms with Crippen molar-refractivity contribution < 1.29 is 14.3 Å². The molecule has 4 heteroatoms. The fraction of sp³-hybridized carbons (Fsp3) is 0.636. The van der Waals surface area contributed by atoms with Crippen molar-refractivity contribution in [3.05, 3.63) is 11.1 Å². The van der Waals surface area contributed by atoms with Gasteiger partial charge in [0, 0.05) is 17.3 Å². The quantitative estimate of drug-likeness (QED) is 0.583. The monoisotopic (exact) mass is 274 g/mol. The molecular weight excluding hydrogens is 260 g/mol. The number of hydrogen-bond acceptors (Lipinski definition) is 3. The first kappa shape index (κ1) is 12.4. The highest BCUT2D eigenvalue weighted by Gasteiger charge is 2.29. The average molecular weight is 275 g/mol. The predicted molar refractivity (Wildman–Crippen MR) is 60.9 cm³/mol. The molecule has 0 N–H and O–H groups in total. The highest BCUT2D eigenvalue weighted by atomic mass is 79.9. The molecule has 0 radical (unpaired) electrons. The van der Waals surface area contributed by atoms with Crippen molar-refractivity contribution >= 4 is 27.7 Å². The number of allylic oxidation sites excluding steroid dienone is 1. The van der Waals surface area contributed by atoms with Crippen molar-refractivity contribution in [2.24, 2.45) is 5.92 Å². The Morgan fingerprint density at radius 3 is 2.73 bits per heavy atom. The van der Waals surface area contributed by atoms with Crippen LogP contribution < -0.4 is 0 Å². The van der Waals surface area contributed by atoms with Crippen molar-refractivity contribution in [1.82, 2.24) is 0 Å². The summed E-state index contributed by atoms with van der Waals surface area (Å²) < 4.78 is 4.94. The van der Waals surface area contributed by atoms with Gasteiger partial charge >= 0.3 is 5.97 Å². The van der Waals surface area contributed by atoms with Crippen LogP contribution in [0.4, 0.5) is 0 Å². The van der Waals surface area contributed by atoms with Crippen LogP contribution >= 0.6 is 15.9 Å². The van der Waals surface area contributed by atoms with Crippen molar-refractivity contribution in [3.63, 3.8) is 0 Å². The fourth-order valence-corrected chi connectivity index (χ4v) is 2.45. The third-order valence-electron chi connectivity index (χ3n) is 2.64. The lowest BCUT2D eigenvalue weighted by Crippen LogP contribution is -2.17. The molecule has 0 fully saturated rings. The first-order valence-electron chi connectivity index (χ1n) is 5.09. The summed E-state index contributed by atoms with van der Waals surface area (Å²) in [5, 5.41) is 0.533. The number of carbonyl (C=O) groups is 2. The summed E-state index contributed by atoms with van der Waals surface area (Å²) >= 11 is 3.28. The van der Waals surface area contributed by atoms with E-state index in [-0.39, 0.29) is 17.7 Å². The van der Waals surface area contributed by atoms with Gasteiger partial charge in [-0.2, -0.15) is 0 Å². The van der Waals surface area contributed by atoms with Gasteiger partial charge in [-0.25, -0.2) is 0 Å². The summed E-state index contributed by atoms with van der Waals surface area (Å²) in [6, 6.07) is 0. The lowest BCUT2D eigenvalue weighted by atomic mass is 9.98. The molecule has 1 rings (SSSR count). The number of ether oxygens (including phenoxy) is 1. The lowest BCUT2D eigenvalue weighted by Gasteiger charge is -2.12. The molecule has 1 unspecified atom stereocenters. The second kappa shape index (κ2) is 5.45. The number of halogens is 1. The zero-order valence-electron chi connectivity index (χ0n) is 9.01. The Balaban J connectivity index is 2.82. The summed E-state index contributed by atoms with van der Waals surface area (Å²) in [5.74, 6) is -0.373. The second-order valence-electron chi connectivity index (χ2n) is 3.53. The van der Waals surface area contributed by atoms with Gasteiger partial charge < -0.3 is 4.74 Å². The third kappa shape index (κ3) is 2.68. The highest BCUT2D eigenvalue weighted by Crippen LogP contribution is 2.30. The van der Waals surface area contributed by atoms with Crippen LogP contribution in [0.25, 0.3) is 0 Å². The zero-order valence-corrected chi connectivity index (χ0v) is 10.6. The van der Waals surface area contributed by atoms with Crippen molar-refractivity contribution in [2.75, 3.05) is 11.9 Å². The Morgan fingerprint density at radius 1 is 1.53 bits per heavy atom. The minimum Gasteiger partial charge on any atom is -0.466 e. The summed E-state index contributed by atoms with van der Waals surface area (Å²) in [6.45, 7) is 3.97. The van der Waals surface area contributed by atoms with Gasteiger partial charge in [-0.05, 0) is 25.8 Å². The van der Waals surface area contributed by atoms with E-state index in [1.807, 2.05) is 0 Å². The number of Topliss-reactive ketones (excluding diaryl/α,β-unsaturated/α-hetero) is 1. The molecule has 0 saturated carbocycles. The Kier molecular flexibility index (Phi) is 4.51. The fourth-order valence-electron chi connectivity index (χ4n) is 1.78. The number of alkyl halides is 1. The molecule has 0 aromatic rings. The molecule has 0 aliphatic heterocycles. The van der Waals surface area contributed by atoms with E-state index >= 15 is 0 Å². The van der Waals surface area contributed by atoms with E-state index in [0.29, 0.717) is 24.8 Å². The average Bonchev–Trinajstić information content (AvgIpc) is 2.58. The third-order valence-corrected chi connectivity index (χ3v) is 3.20. The molecule has 0 saturated heterocycles. The molecule has 0 aromatic carbocycles. The van der Waals surface area contributed by atoms with Crippen molar-refractivity contribution in [1.29, 1.82) is 0 Å². The summed E-state index contributed by atoms with van der Waals surface area (Å²) in [5.41, 5.74) is 1.70. The smallest absolute Gasteiger partial charge is 0.312 e. The summed E-state index contributed by atoms with van der Waals surface area (Å²) in [4.78, 5) is 23.0. The van der Waals surface area contributed by atoms with Gasteiger partial charge in [0.05, 0.1) is 12.5 Å². The number of ketones is 1. The largest absolute Gasteiger partial charge is 0.466 e. The Bertz CT molecular complexity index is 307. The Hall–Kier alpha value is -0.640. The molecule has 0 heterocycles. The highest BCUT2D eigenvalue weighted by molar-refractivity contribution is 9.09. The van der Waals surface area contributed by atoms with E-state index in [0.717, 1.165) is 11.1 Å². The van der Waals surface area contributed by atoms with Gasteiger partial charge in [0.15, 0.2) is 5.78 Å². The predicted octanol–water partition coefficient (Wildman–Crippen LogP) is 2.24. The maximum absolute atomic E-state index is 11.5. The molecule has 84 valence electrons. The van der Waals surface area contributed by atoms with Crippen LogP contribution in [0, 0.1) is 5.92 Å². The molecule has 1 aliphatic rings. The van der Waals surface area contributed by atoms with Gasteiger partial charge in [-0.3, -0.25) is 9.59 Å². The normalized spacial score (nSPS) is 18.2. The van der Waals surface area contributed by atoms with E-state index in [1.54, 1.807) is 13.8 Å². The van der Waals surface area contributed by atoms with E-state index in [4.69, 9.17) is 4.74 Å². The summed E-state index contributed by atoms with van der Waals surface area (Å²) in [7, 11) is 0. The van der Waals surface area contributed by atoms with E-state index in [9.17, 15) is 9.59 Å². The molecule has 1 atom stereocenters. The Morgan fingerprint density at radius 2 is 2.20 bits per heavy atom. The first-order chi connectivity index (χ1) is 7.11. The molecule has 0 amide bonds. The lowest BCUT2D eigenvalue weighted by molar-refractivity contribution is -0.146. The second-order valence-corrected chi connectivity index (χ2v) is 4.10. The standard InChI is InChI=1S/C11H15BrO3/c1-3-15-11(14)7(2)8-4-5-10(13)9(8)6-12/h7H,3-6H2,1-2H3. The van der Waals surface area contributed by atoms with Crippen LogP contribution in [0.15, 0.2) is 11.1 Å². The van der Waals surface area contributed by atoms with Crippen LogP contribution in [-0.2, 0) is 14.3 Å². The molecule has 0 spiro atoms. The van der Waals surface area contributed by atoms with Crippen LogP contribution in [-0.4, -0.2) is 23.7 Å². The molecule has 1 aliphatic carbocycles. The van der Waals surface area contributed by atoms with E-state index in [2.05, 4.69) is 15.9 Å². The van der Waals surface area contributed by atoms with Gasteiger partial charge in [-0.1, -0.05) is 15.9 Å². The Labute approximate surface area is 98.0 Å². The van der Waals surface area contributed by atoms with Crippen molar-refractivity contribution in [3.8, 4) is 0 Å². The van der Waals surface area contributed by atoms with Crippen LogP contribution in [0.3, 0.4) is 0 Å². The molecular formula is C11H15BrO3. The maximum Gasteiger partial charge on any atom is 0.312 e. The van der Waals surface area contributed by atoms with Crippen molar-refractivity contribution in [2.45, 2.75) is 26.7 Å². The van der Waals surface area contributed by atoms with Gasteiger partial charge in [0.2, 0.25) is 0 Å². The number of esters is 1. The topological polar surface area (TPSA) is 43.4 Å². The van der Waals surface area contributed by atoms with Crippen LogP contribution in [0.1, 0.15) is 26.7 Å². The van der Waals surface area contributed by atoms with Crippen LogP contribution in [0.5, 0.6) is 0 Å². The zero-order chi connectivity index (χ0) is 11.4. The number of hydrogen-bond donors (Lipinski definition) is 0. The molecule has 0 aromatic heterocycles. The van der Waals surface area contributed by atoms with E-state index < -0.39 is 0 Å². The first-order valence-corrected chi connectivity index (χ1v) is 6.21. The minimum absolute atomic E-state index is 0.151.